The van der Waals surface area contributed by atoms with Gasteiger partial charge in [-0.25, -0.2) is 4.68 Å². The molecule has 62 valence electrons. The third-order valence-electron chi connectivity index (χ3n) is 1.60. The van der Waals surface area contributed by atoms with Crippen molar-refractivity contribution in [2.24, 2.45) is 0 Å². The van der Waals surface area contributed by atoms with Crippen molar-refractivity contribution < 1.29 is 5.11 Å². The smallest absolute Gasteiger partial charge is 0.238 e. The quantitative estimate of drug-likeness (QED) is 0.632. The van der Waals surface area contributed by atoms with Gasteiger partial charge in [-0.2, -0.15) is 5.21 Å². The van der Waals surface area contributed by atoms with Gasteiger partial charge in [-0.1, -0.05) is 10.3 Å². The van der Waals surface area contributed by atoms with Crippen molar-refractivity contribution in [3.8, 4) is 0 Å². The fourth-order valence-corrected chi connectivity index (χ4v) is 0.933. The molecule has 0 aliphatic rings. The molecule has 0 fully saturated rings. The number of nitrogens with zero attached hydrogens (tertiary/aromatic N) is 3. The van der Waals surface area contributed by atoms with Gasteiger partial charge < -0.3 is 5.11 Å². The number of rotatable bonds is 2. The van der Waals surface area contributed by atoms with Crippen molar-refractivity contribution in [3.63, 3.8) is 0 Å². The van der Waals surface area contributed by atoms with E-state index in [-0.39, 0.29) is 6.04 Å². The van der Waals surface area contributed by atoms with Gasteiger partial charge in [0.15, 0.2) is 0 Å². The second-order valence-corrected chi connectivity index (χ2v) is 2.80. The number of hydrogen-bond donors (Lipinski definition) is 2. The molecule has 0 aliphatic heterocycles. The first-order valence-electron chi connectivity index (χ1n) is 3.30. The van der Waals surface area contributed by atoms with Crippen LogP contribution in [-0.4, -0.2) is 31.4 Å². The molecule has 0 radical (unpaired) electrons. The third-order valence-corrected chi connectivity index (χ3v) is 1.88. The maximum atomic E-state index is 9.17. The van der Waals surface area contributed by atoms with Gasteiger partial charge in [0.2, 0.25) is 4.77 Å². The highest BCUT2D eigenvalue weighted by molar-refractivity contribution is 7.71. The molecule has 2 atom stereocenters. The highest BCUT2D eigenvalue weighted by Crippen LogP contribution is 2.07. The normalized spacial score (nSPS) is 16.3. The molecule has 2 N–H and O–H groups in total. The predicted molar refractivity (Wildman–Crippen MR) is 41.6 cm³/mol. The lowest BCUT2D eigenvalue weighted by Crippen LogP contribution is -2.19. The maximum absolute atomic E-state index is 9.17. The van der Waals surface area contributed by atoms with Gasteiger partial charge in [-0.05, 0) is 26.1 Å². The SMILES string of the molecule is C[C@H](O)[C@@H](C)n1[nH]nnc1=S. The van der Waals surface area contributed by atoms with Crippen LogP contribution in [0.2, 0.25) is 0 Å². The number of aromatic nitrogens is 4. The monoisotopic (exact) mass is 174 g/mol. The molecule has 1 aromatic heterocycles. The molecule has 0 aromatic carbocycles. The minimum atomic E-state index is -0.469. The summed E-state index contributed by atoms with van der Waals surface area (Å²) in [5.41, 5.74) is 0. The lowest BCUT2D eigenvalue weighted by molar-refractivity contribution is 0.130. The minimum absolute atomic E-state index is 0.113. The van der Waals surface area contributed by atoms with Crippen LogP contribution in [0.5, 0.6) is 0 Å². The average molecular weight is 174 g/mol. The van der Waals surface area contributed by atoms with Gasteiger partial charge >= 0.3 is 0 Å². The molecule has 0 aliphatic carbocycles. The molecule has 11 heavy (non-hydrogen) atoms. The zero-order valence-corrected chi connectivity index (χ0v) is 7.17. The summed E-state index contributed by atoms with van der Waals surface area (Å²) in [6.45, 7) is 3.52. The Morgan fingerprint density at radius 2 is 2.27 bits per heavy atom. The fourth-order valence-electron chi connectivity index (χ4n) is 0.685. The zero-order valence-electron chi connectivity index (χ0n) is 6.35. The Morgan fingerprint density at radius 3 is 2.64 bits per heavy atom. The Bertz CT molecular complexity index is 278. The number of tetrazole rings is 1. The van der Waals surface area contributed by atoms with Crippen LogP contribution >= 0.6 is 12.2 Å². The van der Waals surface area contributed by atoms with Gasteiger partial charge in [0.05, 0.1) is 12.1 Å². The number of hydrogen-bond acceptors (Lipinski definition) is 4. The molecule has 0 spiro atoms. The fraction of sp³-hybridized carbons (Fsp3) is 0.800. The van der Waals surface area contributed by atoms with Crippen LogP contribution in [0.1, 0.15) is 19.9 Å². The first-order chi connectivity index (χ1) is 5.13. The predicted octanol–water partition coefficient (Wildman–Crippen LogP) is 0.277. The Kier molecular flexibility index (Phi) is 2.35. The number of aromatic amines is 1. The van der Waals surface area contributed by atoms with Crippen molar-refractivity contribution in [2.45, 2.75) is 26.0 Å². The van der Waals surface area contributed by atoms with Gasteiger partial charge in [-0.15, -0.1) is 0 Å². The second-order valence-electron chi connectivity index (χ2n) is 2.43. The molecule has 0 bridgehead atoms. The van der Waals surface area contributed by atoms with E-state index in [0.717, 1.165) is 0 Å². The van der Waals surface area contributed by atoms with Crippen LogP contribution < -0.4 is 0 Å². The van der Waals surface area contributed by atoms with E-state index in [4.69, 9.17) is 12.2 Å². The summed E-state index contributed by atoms with van der Waals surface area (Å²) in [5, 5.41) is 18.8. The highest BCUT2D eigenvalue weighted by atomic mass is 32.1. The van der Waals surface area contributed by atoms with E-state index < -0.39 is 6.10 Å². The first kappa shape index (κ1) is 8.35. The Labute approximate surface area is 69.0 Å². The summed E-state index contributed by atoms with van der Waals surface area (Å²) in [5.74, 6) is 0. The third kappa shape index (κ3) is 1.63. The second kappa shape index (κ2) is 3.10. The number of H-pyrrole nitrogens is 1. The van der Waals surface area contributed by atoms with Gasteiger partial charge in [0.25, 0.3) is 0 Å². The zero-order chi connectivity index (χ0) is 8.43. The molecule has 5 nitrogen and oxygen atoms in total. The van der Waals surface area contributed by atoms with Crippen LogP contribution in [0, 0.1) is 4.77 Å². The largest absolute Gasteiger partial charge is 0.391 e. The summed E-state index contributed by atoms with van der Waals surface area (Å²) in [6, 6.07) is -0.113. The molecule has 6 heteroatoms. The summed E-state index contributed by atoms with van der Waals surface area (Å²) in [7, 11) is 0. The van der Waals surface area contributed by atoms with E-state index in [9.17, 15) is 5.11 Å². The van der Waals surface area contributed by atoms with Gasteiger partial charge in [-0.3, -0.25) is 0 Å². The van der Waals surface area contributed by atoms with Crippen LogP contribution in [0.4, 0.5) is 0 Å². The van der Waals surface area contributed by atoms with Crippen molar-refractivity contribution in [1.29, 1.82) is 0 Å². The molecule has 0 saturated carbocycles. The Balaban J connectivity index is 2.93. The average Bonchev–Trinajstić information content (AvgIpc) is 2.33. The van der Waals surface area contributed by atoms with Crippen LogP contribution in [0.3, 0.4) is 0 Å². The highest BCUT2D eigenvalue weighted by Gasteiger charge is 2.11. The lowest BCUT2D eigenvalue weighted by atomic mass is 10.2. The first-order valence-corrected chi connectivity index (χ1v) is 3.71. The van der Waals surface area contributed by atoms with Crippen LogP contribution in [-0.2, 0) is 0 Å². The summed E-state index contributed by atoms with van der Waals surface area (Å²) >= 11 is 4.83. The summed E-state index contributed by atoms with van der Waals surface area (Å²) in [6.07, 6.45) is -0.469. The van der Waals surface area contributed by atoms with E-state index in [1.807, 2.05) is 6.92 Å². The molecule has 0 amide bonds. The summed E-state index contributed by atoms with van der Waals surface area (Å²) < 4.78 is 1.90. The number of nitrogens with one attached hydrogen (secondary N) is 1. The molecule has 0 saturated heterocycles. The molecule has 1 rings (SSSR count). The minimum Gasteiger partial charge on any atom is -0.391 e. The molecule has 1 aromatic rings. The Morgan fingerprint density at radius 1 is 1.64 bits per heavy atom. The van der Waals surface area contributed by atoms with Crippen molar-refractivity contribution >= 4 is 12.2 Å². The van der Waals surface area contributed by atoms with Crippen molar-refractivity contribution in [3.05, 3.63) is 4.77 Å². The van der Waals surface area contributed by atoms with Gasteiger partial charge in [0, 0.05) is 0 Å². The van der Waals surface area contributed by atoms with Gasteiger partial charge in [0.1, 0.15) is 0 Å². The van der Waals surface area contributed by atoms with Crippen molar-refractivity contribution in [1.82, 2.24) is 20.2 Å². The van der Waals surface area contributed by atoms with Crippen LogP contribution in [0.25, 0.3) is 0 Å². The lowest BCUT2D eigenvalue weighted by Gasteiger charge is -2.13. The van der Waals surface area contributed by atoms with Crippen molar-refractivity contribution in [2.75, 3.05) is 0 Å². The van der Waals surface area contributed by atoms with E-state index in [1.54, 1.807) is 11.6 Å². The van der Waals surface area contributed by atoms with Crippen LogP contribution in [0.15, 0.2) is 0 Å². The number of aliphatic hydroxyl groups is 1. The molecule has 1 heterocycles. The molecular weight excluding hydrogens is 164 g/mol. The number of aliphatic hydroxyl groups excluding tert-OH is 1. The molecular formula is C5H10N4OS. The maximum Gasteiger partial charge on any atom is 0.238 e. The van der Waals surface area contributed by atoms with E-state index in [2.05, 4.69) is 15.5 Å². The Hall–Kier alpha value is -0.750. The van der Waals surface area contributed by atoms with E-state index >= 15 is 0 Å². The van der Waals surface area contributed by atoms with E-state index in [1.165, 1.54) is 0 Å². The van der Waals surface area contributed by atoms with E-state index in [0.29, 0.717) is 4.77 Å². The molecule has 0 unspecified atom stereocenters. The summed E-state index contributed by atoms with van der Waals surface area (Å²) in [4.78, 5) is 0. The topological polar surface area (TPSA) is 66.7 Å². The standard InChI is InChI=1S/C5H10N4OS/c1-3(4(2)10)9-5(11)6-7-8-9/h3-4,10H,1-2H3,(H,6,8,11)/t3-,4+/m1/s1.